The van der Waals surface area contributed by atoms with Crippen LogP contribution in [0.1, 0.15) is 18.4 Å². The van der Waals surface area contributed by atoms with Crippen molar-refractivity contribution in [2.45, 2.75) is 43.5 Å². The molecule has 1 fully saturated rings. The molecule has 1 aliphatic heterocycles. The number of ether oxygens (including phenoxy) is 3. The summed E-state index contributed by atoms with van der Waals surface area (Å²) in [5, 5.41) is 40.3. The number of aliphatic hydroxyl groups excluding tert-OH is 3. The van der Waals surface area contributed by atoms with Crippen LogP contribution in [0.4, 0.5) is 0 Å². The van der Waals surface area contributed by atoms with Crippen molar-refractivity contribution in [2.75, 3.05) is 7.11 Å². The first-order valence-corrected chi connectivity index (χ1v) is 8.93. The Hall–Kier alpha value is -2.72. The van der Waals surface area contributed by atoms with Crippen molar-refractivity contribution in [3.63, 3.8) is 0 Å². The van der Waals surface area contributed by atoms with Crippen LogP contribution in [0.2, 0.25) is 0 Å². The predicted molar refractivity (Wildman–Crippen MR) is 99.3 cm³/mol. The number of carbonyl (C=O) groups is 2. The Morgan fingerprint density at radius 1 is 1.00 bits per heavy atom. The number of fused-ring (bicyclic) bond motifs is 1. The molecule has 0 spiro atoms. The van der Waals surface area contributed by atoms with Gasteiger partial charge in [0.25, 0.3) is 0 Å². The van der Waals surface area contributed by atoms with Crippen LogP contribution in [0.5, 0.6) is 5.75 Å². The highest BCUT2D eigenvalue weighted by molar-refractivity contribution is 5.86. The van der Waals surface area contributed by atoms with Gasteiger partial charge in [0.05, 0.1) is 13.0 Å². The molecule has 1 unspecified atom stereocenters. The van der Waals surface area contributed by atoms with E-state index in [1.807, 2.05) is 18.2 Å². The summed E-state index contributed by atoms with van der Waals surface area (Å²) in [6.45, 7) is 1.59. The zero-order valence-corrected chi connectivity index (χ0v) is 15.8. The normalized spacial score (nSPS) is 28.0. The molecule has 6 atom stereocenters. The number of carboxylic acid groups (broad SMARTS) is 1. The van der Waals surface area contributed by atoms with Crippen LogP contribution in [0.25, 0.3) is 10.8 Å². The maximum Gasteiger partial charge on any atom is 0.335 e. The molecule has 156 valence electrons. The molecule has 0 bridgehead atoms. The molecule has 0 saturated carbocycles. The van der Waals surface area contributed by atoms with Crippen molar-refractivity contribution in [2.24, 2.45) is 0 Å². The van der Waals surface area contributed by atoms with Gasteiger partial charge in [-0.15, -0.1) is 0 Å². The summed E-state index contributed by atoms with van der Waals surface area (Å²) < 4.78 is 15.3. The number of rotatable bonds is 5. The second-order valence-corrected chi connectivity index (χ2v) is 6.87. The van der Waals surface area contributed by atoms with E-state index in [0.29, 0.717) is 11.3 Å². The maximum absolute atomic E-state index is 12.5. The number of hydrogen-bond acceptors (Lipinski definition) is 8. The third-order valence-electron chi connectivity index (χ3n) is 4.97. The van der Waals surface area contributed by atoms with Crippen molar-refractivity contribution in [3.8, 4) is 5.75 Å². The first-order chi connectivity index (χ1) is 13.7. The highest BCUT2D eigenvalue weighted by atomic mass is 16.7. The van der Waals surface area contributed by atoms with Crippen molar-refractivity contribution < 1.29 is 44.2 Å². The Labute approximate surface area is 166 Å². The topological polar surface area (TPSA) is 143 Å². The molecule has 2 aromatic rings. The predicted octanol–water partition coefficient (Wildman–Crippen LogP) is 0.387. The van der Waals surface area contributed by atoms with Gasteiger partial charge in [0.15, 0.2) is 6.10 Å². The average Bonchev–Trinajstić information content (AvgIpc) is 2.72. The lowest BCUT2D eigenvalue weighted by Crippen LogP contribution is -2.60. The zero-order chi connectivity index (χ0) is 21.3. The Morgan fingerprint density at radius 3 is 2.31 bits per heavy atom. The van der Waals surface area contributed by atoms with E-state index >= 15 is 0 Å². The van der Waals surface area contributed by atoms with Gasteiger partial charge in [0, 0.05) is 0 Å². The lowest BCUT2D eigenvalue weighted by molar-refractivity contribution is -0.286. The lowest BCUT2D eigenvalue weighted by Gasteiger charge is -2.38. The first-order valence-electron chi connectivity index (χ1n) is 8.93. The Morgan fingerprint density at radius 2 is 1.66 bits per heavy atom. The molecule has 4 N–H and O–H groups in total. The average molecular weight is 406 g/mol. The molecule has 1 heterocycles. The zero-order valence-electron chi connectivity index (χ0n) is 15.8. The quantitative estimate of drug-likeness (QED) is 0.518. The van der Waals surface area contributed by atoms with Crippen molar-refractivity contribution in [1.82, 2.24) is 0 Å². The number of carboxylic acids is 1. The number of benzene rings is 2. The molecule has 9 nitrogen and oxygen atoms in total. The van der Waals surface area contributed by atoms with E-state index in [9.17, 15) is 24.9 Å². The van der Waals surface area contributed by atoms with E-state index < -0.39 is 48.6 Å². The van der Waals surface area contributed by atoms with E-state index in [1.165, 1.54) is 0 Å². The van der Waals surface area contributed by atoms with Gasteiger partial charge in [-0.3, -0.25) is 4.79 Å². The van der Waals surface area contributed by atoms with Gasteiger partial charge < -0.3 is 34.6 Å². The first kappa shape index (κ1) is 21.0. The minimum absolute atomic E-state index is 0.633. The molecule has 29 heavy (non-hydrogen) atoms. The largest absolute Gasteiger partial charge is 0.497 e. The number of hydrogen-bond donors (Lipinski definition) is 4. The van der Waals surface area contributed by atoms with Gasteiger partial charge in [-0.05, 0) is 35.4 Å². The summed E-state index contributed by atoms with van der Waals surface area (Å²) in [5.41, 5.74) is 0.633. The Kier molecular flexibility index (Phi) is 6.04. The van der Waals surface area contributed by atoms with Crippen molar-refractivity contribution in [3.05, 3.63) is 42.0 Å². The molecular formula is C20H22O9. The number of methoxy groups -OCH3 is 1. The second kappa shape index (κ2) is 8.34. The van der Waals surface area contributed by atoms with Gasteiger partial charge in [-0.2, -0.15) is 0 Å². The van der Waals surface area contributed by atoms with Crippen LogP contribution in [-0.2, 0) is 19.1 Å². The van der Waals surface area contributed by atoms with Crippen LogP contribution in [0, 0.1) is 0 Å². The SMILES string of the molecule is COc1ccc2cc([C@H](C)C(=O)O[C@H]3OC(C(=O)O)[C@H](O)[C@@H](O)[C@@H]3O)ccc2c1. The van der Waals surface area contributed by atoms with Gasteiger partial charge in [0.1, 0.15) is 24.1 Å². The number of esters is 1. The highest BCUT2D eigenvalue weighted by Gasteiger charge is 2.48. The van der Waals surface area contributed by atoms with E-state index in [2.05, 4.69) is 0 Å². The third-order valence-corrected chi connectivity index (χ3v) is 4.97. The van der Waals surface area contributed by atoms with Crippen LogP contribution in [0.3, 0.4) is 0 Å². The Balaban J connectivity index is 1.76. The van der Waals surface area contributed by atoms with Crippen LogP contribution in [-0.4, -0.2) is 70.2 Å². The fourth-order valence-corrected chi connectivity index (χ4v) is 3.14. The van der Waals surface area contributed by atoms with Gasteiger partial charge in [-0.25, -0.2) is 4.79 Å². The van der Waals surface area contributed by atoms with Gasteiger partial charge in [-0.1, -0.05) is 24.3 Å². The summed E-state index contributed by atoms with van der Waals surface area (Å²) >= 11 is 0. The fourth-order valence-electron chi connectivity index (χ4n) is 3.14. The smallest absolute Gasteiger partial charge is 0.335 e. The molecular weight excluding hydrogens is 384 g/mol. The fraction of sp³-hybridized carbons (Fsp3) is 0.400. The van der Waals surface area contributed by atoms with Crippen LogP contribution in [0.15, 0.2) is 36.4 Å². The monoisotopic (exact) mass is 406 g/mol. The summed E-state index contributed by atoms with van der Waals surface area (Å²) in [4.78, 5) is 23.7. The molecule has 1 aliphatic rings. The molecule has 0 radical (unpaired) electrons. The number of carbonyl (C=O) groups excluding carboxylic acids is 1. The molecule has 9 heteroatoms. The van der Waals surface area contributed by atoms with E-state index in [-0.39, 0.29) is 0 Å². The Bertz CT molecular complexity index is 912. The summed E-state index contributed by atoms with van der Waals surface area (Å²) in [6, 6.07) is 10.9. The van der Waals surface area contributed by atoms with Crippen LogP contribution < -0.4 is 4.74 Å². The van der Waals surface area contributed by atoms with Crippen LogP contribution >= 0.6 is 0 Å². The molecule has 3 rings (SSSR count). The summed E-state index contributed by atoms with van der Waals surface area (Å²) in [7, 11) is 1.57. The summed E-state index contributed by atoms with van der Waals surface area (Å²) in [6.07, 6.45) is -9.05. The molecule has 0 aromatic heterocycles. The van der Waals surface area contributed by atoms with E-state index in [0.717, 1.165) is 10.8 Å². The van der Waals surface area contributed by atoms with Gasteiger partial charge in [0.2, 0.25) is 6.29 Å². The second-order valence-electron chi connectivity index (χ2n) is 6.87. The number of aliphatic carboxylic acids is 1. The molecule has 2 aromatic carbocycles. The molecule has 0 aliphatic carbocycles. The van der Waals surface area contributed by atoms with E-state index in [1.54, 1.807) is 32.2 Å². The number of aliphatic hydroxyl groups is 3. The molecule has 1 saturated heterocycles. The lowest BCUT2D eigenvalue weighted by atomic mass is 9.97. The minimum Gasteiger partial charge on any atom is -0.497 e. The van der Waals surface area contributed by atoms with Crippen molar-refractivity contribution in [1.29, 1.82) is 0 Å². The van der Waals surface area contributed by atoms with E-state index in [4.69, 9.17) is 19.3 Å². The highest BCUT2D eigenvalue weighted by Crippen LogP contribution is 2.28. The van der Waals surface area contributed by atoms with Gasteiger partial charge >= 0.3 is 11.9 Å². The summed E-state index contributed by atoms with van der Waals surface area (Å²) in [5.74, 6) is -2.39. The maximum atomic E-state index is 12.5. The standard InChI is InChI=1S/C20H22O9/c1-9(10-3-4-12-8-13(27-2)6-5-11(12)7-10)19(26)29-20-16(23)14(21)15(22)17(28-20)18(24)25/h3-9,14-17,20-23H,1-2H3,(H,24,25)/t9-,14+,15+,16-,17?,20+/m0/s1. The minimum atomic E-state index is -1.85. The van der Waals surface area contributed by atoms with Crippen molar-refractivity contribution >= 4 is 22.7 Å². The molecule has 0 amide bonds. The third kappa shape index (κ3) is 4.18.